The maximum absolute atomic E-state index is 4.81. The second-order valence-electron chi connectivity index (χ2n) is 5.77. The van der Waals surface area contributed by atoms with Gasteiger partial charge in [0.1, 0.15) is 5.82 Å². The van der Waals surface area contributed by atoms with Crippen molar-refractivity contribution in [2.45, 2.75) is 65.2 Å². The number of hydrogen-bond acceptors (Lipinski definition) is 1. The molecule has 1 aromatic heterocycles. The van der Waals surface area contributed by atoms with Gasteiger partial charge in [0, 0.05) is 11.1 Å². The van der Waals surface area contributed by atoms with Crippen LogP contribution in [0.4, 0.5) is 0 Å². The number of aryl methyl sites for hydroxylation is 1. The van der Waals surface area contributed by atoms with Gasteiger partial charge in [-0.1, -0.05) is 34.1 Å². The van der Waals surface area contributed by atoms with E-state index in [9.17, 15) is 0 Å². The molecule has 1 N–H and O–H groups in total. The SMILES string of the molecule is CCC1CCc2nc(C(C)(C)CC)[nH]c2C1. The third-order valence-electron chi connectivity index (χ3n) is 4.25. The van der Waals surface area contributed by atoms with Crippen LogP contribution in [0, 0.1) is 5.92 Å². The molecule has 1 heterocycles. The molecule has 1 aliphatic carbocycles. The molecular formula is C14H24N2. The van der Waals surface area contributed by atoms with E-state index in [1.165, 1.54) is 42.9 Å². The van der Waals surface area contributed by atoms with Gasteiger partial charge in [0.25, 0.3) is 0 Å². The van der Waals surface area contributed by atoms with Crippen LogP contribution in [0.25, 0.3) is 0 Å². The molecule has 1 aromatic rings. The fourth-order valence-corrected chi connectivity index (χ4v) is 2.39. The summed E-state index contributed by atoms with van der Waals surface area (Å²) in [5, 5.41) is 0. The third-order valence-corrected chi connectivity index (χ3v) is 4.25. The van der Waals surface area contributed by atoms with E-state index in [1.807, 2.05) is 0 Å². The highest BCUT2D eigenvalue weighted by Crippen LogP contribution is 2.30. The normalized spacial score (nSPS) is 20.9. The van der Waals surface area contributed by atoms with Gasteiger partial charge in [-0.25, -0.2) is 4.98 Å². The molecule has 2 nitrogen and oxygen atoms in total. The van der Waals surface area contributed by atoms with Gasteiger partial charge in [-0.3, -0.25) is 0 Å². The van der Waals surface area contributed by atoms with E-state index in [0.29, 0.717) is 0 Å². The Labute approximate surface area is 98.9 Å². The summed E-state index contributed by atoms with van der Waals surface area (Å²) in [6.45, 7) is 9.07. The molecule has 0 amide bonds. The summed E-state index contributed by atoms with van der Waals surface area (Å²) >= 11 is 0. The molecule has 0 saturated heterocycles. The van der Waals surface area contributed by atoms with Gasteiger partial charge in [-0.2, -0.15) is 0 Å². The van der Waals surface area contributed by atoms with E-state index in [0.717, 1.165) is 12.3 Å². The Morgan fingerprint density at radius 3 is 2.75 bits per heavy atom. The maximum atomic E-state index is 4.81. The summed E-state index contributed by atoms with van der Waals surface area (Å²) in [5.74, 6) is 2.06. The van der Waals surface area contributed by atoms with E-state index in [2.05, 4.69) is 32.7 Å². The summed E-state index contributed by atoms with van der Waals surface area (Å²) in [6, 6.07) is 0. The first-order valence-corrected chi connectivity index (χ1v) is 6.65. The zero-order chi connectivity index (χ0) is 11.8. The molecule has 0 spiro atoms. The van der Waals surface area contributed by atoms with Gasteiger partial charge in [0.15, 0.2) is 0 Å². The van der Waals surface area contributed by atoms with Crippen molar-refractivity contribution in [1.29, 1.82) is 0 Å². The molecule has 2 heteroatoms. The average Bonchev–Trinajstić information content (AvgIpc) is 2.72. The topological polar surface area (TPSA) is 28.7 Å². The van der Waals surface area contributed by atoms with Crippen LogP contribution >= 0.6 is 0 Å². The van der Waals surface area contributed by atoms with Crippen LogP contribution in [-0.2, 0) is 18.3 Å². The lowest BCUT2D eigenvalue weighted by molar-refractivity contribution is 0.437. The van der Waals surface area contributed by atoms with E-state index in [-0.39, 0.29) is 5.41 Å². The van der Waals surface area contributed by atoms with Gasteiger partial charge in [-0.15, -0.1) is 0 Å². The van der Waals surface area contributed by atoms with Gasteiger partial charge in [0.2, 0.25) is 0 Å². The minimum absolute atomic E-state index is 0.194. The summed E-state index contributed by atoms with van der Waals surface area (Å²) in [7, 11) is 0. The molecule has 1 atom stereocenters. The molecule has 1 aliphatic rings. The molecule has 90 valence electrons. The Balaban J connectivity index is 2.25. The first-order valence-electron chi connectivity index (χ1n) is 6.65. The molecule has 0 radical (unpaired) electrons. The van der Waals surface area contributed by atoms with Gasteiger partial charge in [-0.05, 0) is 31.6 Å². The fraction of sp³-hybridized carbons (Fsp3) is 0.786. The first-order chi connectivity index (χ1) is 7.56. The largest absolute Gasteiger partial charge is 0.345 e. The van der Waals surface area contributed by atoms with Crippen LogP contribution in [0.15, 0.2) is 0 Å². The zero-order valence-corrected chi connectivity index (χ0v) is 11.1. The van der Waals surface area contributed by atoms with Gasteiger partial charge in [0.05, 0.1) is 5.69 Å². The standard InChI is InChI=1S/C14H24N2/c1-5-10-7-8-11-12(9-10)16-13(15-11)14(3,4)6-2/h10H,5-9H2,1-4H3,(H,15,16). The van der Waals surface area contributed by atoms with Crippen molar-refractivity contribution in [3.8, 4) is 0 Å². The van der Waals surface area contributed by atoms with E-state index >= 15 is 0 Å². The van der Waals surface area contributed by atoms with Crippen LogP contribution in [-0.4, -0.2) is 9.97 Å². The molecule has 2 rings (SSSR count). The van der Waals surface area contributed by atoms with Gasteiger partial charge >= 0.3 is 0 Å². The second kappa shape index (κ2) is 4.23. The molecule has 16 heavy (non-hydrogen) atoms. The highest BCUT2D eigenvalue weighted by molar-refractivity contribution is 5.21. The molecule has 1 unspecified atom stereocenters. The third kappa shape index (κ3) is 2.02. The predicted octanol–water partition coefficient (Wildman–Crippen LogP) is 3.61. The number of imidazole rings is 1. The summed E-state index contributed by atoms with van der Waals surface area (Å²) in [4.78, 5) is 8.38. The highest BCUT2D eigenvalue weighted by atomic mass is 15.0. The van der Waals surface area contributed by atoms with Crippen molar-refractivity contribution in [1.82, 2.24) is 9.97 Å². The zero-order valence-electron chi connectivity index (χ0n) is 11.1. The number of aromatic amines is 1. The number of nitrogens with one attached hydrogen (secondary N) is 1. The minimum atomic E-state index is 0.194. The Bertz CT molecular complexity index is 363. The van der Waals surface area contributed by atoms with Crippen molar-refractivity contribution in [2.75, 3.05) is 0 Å². The number of aromatic nitrogens is 2. The quantitative estimate of drug-likeness (QED) is 0.828. The van der Waals surface area contributed by atoms with E-state index < -0.39 is 0 Å². The van der Waals surface area contributed by atoms with Crippen molar-refractivity contribution in [3.05, 3.63) is 17.2 Å². The van der Waals surface area contributed by atoms with Crippen LogP contribution < -0.4 is 0 Å². The van der Waals surface area contributed by atoms with Crippen LogP contribution in [0.2, 0.25) is 0 Å². The molecule has 0 saturated carbocycles. The summed E-state index contributed by atoms with van der Waals surface area (Å²) < 4.78 is 0. The van der Waals surface area contributed by atoms with Gasteiger partial charge < -0.3 is 4.98 Å². The lowest BCUT2D eigenvalue weighted by Crippen LogP contribution is -2.17. The second-order valence-corrected chi connectivity index (χ2v) is 5.77. The Morgan fingerprint density at radius 2 is 2.12 bits per heavy atom. The Hall–Kier alpha value is -0.790. The molecular weight excluding hydrogens is 196 g/mol. The average molecular weight is 220 g/mol. The van der Waals surface area contributed by atoms with Crippen LogP contribution in [0.1, 0.15) is 64.2 Å². The van der Waals surface area contributed by atoms with Crippen molar-refractivity contribution < 1.29 is 0 Å². The number of H-pyrrole nitrogens is 1. The van der Waals surface area contributed by atoms with E-state index in [1.54, 1.807) is 0 Å². The first kappa shape index (κ1) is 11.7. The smallest absolute Gasteiger partial charge is 0.112 e. The van der Waals surface area contributed by atoms with Crippen LogP contribution in [0.3, 0.4) is 0 Å². The predicted molar refractivity (Wildman–Crippen MR) is 67.7 cm³/mol. The maximum Gasteiger partial charge on any atom is 0.112 e. The molecule has 0 aliphatic heterocycles. The highest BCUT2D eigenvalue weighted by Gasteiger charge is 2.26. The summed E-state index contributed by atoms with van der Waals surface area (Å²) in [5.41, 5.74) is 2.94. The molecule has 0 fully saturated rings. The number of nitrogens with zero attached hydrogens (tertiary/aromatic N) is 1. The Morgan fingerprint density at radius 1 is 1.38 bits per heavy atom. The van der Waals surface area contributed by atoms with E-state index in [4.69, 9.17) is 4.98 Å². The fourth-order valence-electron chi connectivity index (χ4n) is 2.39. The number of fused-ring (bicyclic) bond motifs is 1. The lowest BCUT2D eigenvalue weighted by atomic mass is 9.88. The number of rotatable bonds is 3. The van der Waals surface area contributed by atoms with Crippen molar-refractivity contribution >= 4 is 0 Å². The van der Waals surface area contributed by atoms with Crippen LogP contribution in [0.5, 0.6) is 0 Å². The minimum Gasteiger partial charge on any atom is -0.345 e. The monoisotopic (exact) mass is 220 g/mol. The molecule has 0 bridgehead atoms. The van der Waals surface area contributed by atoms with Crippen molar-refractivity contribution in [2.24, 2.45) is 5.92 Å². The van der Waals surface area contributed by atoms with Crippen molar-refractivity contribution in [3.63, 3.8) is 0 Å². The lowest BCUT2D eigenvalue weighted by Gasteiger charge is -2.19. The summed E-state index contributed by atoms with van der Waals surface area (Å²) in [6.07, 6.45) is 6.13. The molecule has 0 aromatic carbocycles. The Kier molecular flexibility index (Phi) is 3.09. The number of hydrogen-bond donors (Lipinski definition) is 1.